The molecule has 5 fully saturated rings. The van der Waals surface area contributed by atoms with E-state index in [-0.39, 0.29) is 17.8 Å². The van der Waals surface area contributed by atoms with E-state index in [1.807, 2.05) is 6.92 Å². The van der Waals surface area contributed by atoms with Crippen LogP contribution in [-0.2, 0) is 24.0 Å². The molecular weight excluding hydrogens is 341 g/mol. The smallest absolute Gasteiger partial charge is 0.343 e. The number of hydrogen-bond donors (Lipinski definition) is 0. The van der Waals surface area contributed by atoms with Crippen LogP contribution in [0.1, 0.15) is 46.5 Å². The van der Waals surface area contributed by atoms with Crippen LogP contribution in [0, 0.1) is 23.7 Å². The Morgan fingerprint density at radius 1 is 1.08 bits per heavy atom. The van der Waals surface area contributed by atoms with E-state index in [1.54, 1.807) is 6.92 Å². The largest absolute Gasteiger partial charge is 0.411 e. The van der Waals surface area contributed by atoms with Crippen LogP contribution in [0.5, 0.6) is 0 Å². The van der Waals surface area contributed by atoms with Crippen molar-refractivity contribution >= 4 is 0 Å². The standard InChI is InChI=1S/C17H25F3O5/c1-9-4-5-12-10(2)13(21-8-16(18,19)20)22-14-17(12)11(9)6-7-15(3,23-14)24-25-17/h9-14H,4-8H2,1-3H3/t9-,10-,11?,12?,13?,14-,15+,17-/m1/s1. The van der Waals surface area contributed by atoms with Gasteiger partial charge >= 0.3 is 6.18 Å². The van der Waals surface area contributed by atoms with Crippen LogP contribution in [0.25, 0.3) is 0 Å². The van der Waals surface area contributed by atoms with E-state index < -0.39 is 36.8 Å². The minimum atomic E-state index is -4.39. The van der Waals surface area contributed by atoms with Gasteiger partial charge in [-0.15, -0.1) is 0 Å². The summed E-state index contributed by atoms with van der Waals surface area (Å²) in [5.74, 6) is -0.620. The molecule has 1 saturated carbocycles. The summed E-state index contributed by atoms with van der Waals surface area (Å²) in [4.78, 5) is 11.6. The number of fused-ring (bicyclic) bond motifs is 2. The van der Waals surface area contributed by atoms with Crippen molar-refractivity contribution in [3.8, 4) is 0 Å². The van der Waals surface area contributed by atoms with Crippen LogP contribution in [0.15, 0.2) is 0 Å². The number of alkyl halides is 3. The second-order valence-electron chi connectivity index (χ2n) is 8.20. The van der Waals surface area contributed by atoms with Gasteiger partial charge in [-0.1, -0.05) is 13.8 Å². The molecular formula is C17H25F3O5. The third kappa shape index (κ3) is 2.81. The Kier molecular flexibility index (Phi) is 4.16. The molecule has 0 N–H and O–H groups in total. The van der Waals surface area contributed by atoms with Crippen molar-refractivity contribution in [3.63, 3.8) is 0 Å². The van der Waals surface area contributed by atoms with Gasteiger partial charge < -0.3 is 14.2 Å². The lowest BCUT2D eigenvalue weighted by Gasteiger charge is -2.60. The van der Waals surface area contributed by atoms with E-state index >= 15 is 0 Å². The quantitative estimate of drug-likeness (QED) is 0.696. The molecule has 8 atom stereocenters. The van der Waals surface area contributed by atoms with Gasteiger partial charge in [-0.05, 0) is 38.0 Å². The zero-order valence-electron chi connectivity index (χ0n) is 14.7. The summed E-state index contributed by atoms with van der Waals surface area (Å²) in [5, 5.41) is 0. The number of rotatable bonds is 2. The fourth-order valence-corrected chi connectivity index (χ4v) is 5.24. The predicted molar refractivity (Wildman–Crippen MR) is 78.8 cm³/mol. The van der Waals surface area contributed by atoms with Crippen LogP contribution >= 0.6 is 0 Å². The average Bonchev–Trinajstić information content (AvgIpc) is 2.75. The fourth-order valence-electron chi connectivity index (χ4n) is 5.24. The minimum Gasteiger partial charge on any atom is -0.343 e. The summed E-state index contributed by atoms with van der Waals surface area (Å²) in [6.45, 7) is 4.51. The zero-order valence-corrected chi connectivity index (χ0v) is 14.7. The van der Waals surface area contributed by atoms with Gasteiger partial charge in [-0.2, -0.15) is 13.2 Å². The van der Waals surface area contributed by atoms with Crippen molar-refractivity contribution in [2.45, 2.75) is 76.6 Å². The van der Waals surface area contributed by atoms with E-state index in [4.69, 9.17) is 24.0 Å². The number of hydrogen-bond acceptors (Lipinski definition) is 5. The normalized spacial score (nSPS) is 52.6. The summed E-state index contributed by atoms with van der Waals surface area (Å²) >= 11 is 0. The van der Waals surface area contributed by atoms with Crippen molar-refractivity contribution in [2.75, 3.05) is 6.61 Å². The van der Waals surface area contributed by atoms with E-state index in [0.29, 0.717) is 12.3 Å². The van der Waals surface area contributed by atoms with Crippen LogP contribution < -0.4 is 0 Å². The maximum absolute atomic E-state index is 12.6. The highest BCUT2D eigenvalue weighted by Gasteiger charge is 2.69. The zero-order chi connectivity index (χ0) is 18.0. The highest BCUT2D eigenvalue weighted by atomic mass is 19.4. The molecule has 25 heavy (non-hydrogen) atoms. The van der Waals surface area contributed by atoms with Crippen molar-refractivity contribution in [3.05, 3.63) is 0 Å². The van der Waals surface area contributed by atoms with Gasteiger partial charge in [0.25, 0.3) is 0 Å². The molecule has 8 heteroatoms. The summed E-state index contributed by atoms with van der Waals surface area (Å²) in [5.41, 5.74) is -0.773. The molecule has 1 spiro atoms. The molecule has 4 aliphatic heterocycles. The molecule has 2 bridgehead atoms. The second kappa shape index (κ2) is 5.79. The summed E-state index contributed by atoms with van der Waals surface area (Å²) in [6, 6.07) is 0. The lowest BCUT2D eigenvalue weighted by atomic mass is 9.58. The Morgan fingerprint density at radius 2 is 1.84 bits per heavy atom. The van der Waals surface area contributed by atoms with Gasteiger partial charge in [0, 0.05) is 18.3 Å². The molecule has 0 aromatic rings. The van der Waals surface area contributed by atoms with Gasteiger partial charge in [-0.25, -0.2) is 9.78 Å². The van der Waals surface area contributed by atoms with Crippen molar-refractivity contribution in [1.29, 1.82) is 0 Å². The average molecular weight is 366 g/mol. The Morgan fingerprint density at radius 3 is 2.56 bits per heavy atom. The Labute approximate surface area is 145 Å². The third-order valence-corrected chi connectivity index (χ3v) is 6.51. The van der Waals surface area contributed by atoms with E-state index in [9.17, 15) is 13.2 Å². The first-order chi connectivity index (χ1) is 11.6. The third-order valence-electron chi connectivity index (χ3n) is 6.51. The molecule has 1 aliphatic carbocycles. The lowest BCUT2D eigenvalue weighted by Crippen LogP contribution is -2.70. The van der Waals surface area contributed by atoms with E-state index in [1.165, 1.54) is 0 Å². The summed E-state index contributed by atoms with van der Waals surface area (Å²) < 4.78 is 54.8. The Hall–Kier alpha value is -0.410. The molecule has 0 aromatic heterocycles. The maximum Gasteiger partial charge on any atom is 0.411 e. The van der Waals surface area contributed by atoms with Gasteiger partial charge in [-0.3, -0.25) is 0 Å². The van der Waals surface area contributed by atoms with Crippen LogP contribution in [0.4, 0.5) is 13.2 Å². The molecule has 5 nitrogen and oxygen atoms in total. The molecule has 0 aromatic carbocycles. The van der Waals surface area contributed by atoms with E-state index in [2.05, 4.69) is 6.92 Å². The molecule has 4 heterocycles. The second-order valence-corrected chi connectivity index (χ2v) is 8.20. The molecule has 3 unspecified atom stereocenters. The van der Waals surface area contributed by atoms with Crippen LogP contribution in [0.3, 0.4) is 0 Å². The van der Waals surface area contributed by atoms with Crippen LogP contribution in [-0.4, -0.2) is 36.8 Å². The highest BCUT2D eigenvalue weighted by molar-refractivity contribution is 5.09. The summed E-state index contributed by atoms with van der Waals surface area (Å²) in [6.07, 6.45) is -2.76. The predicted octanol–water partition coefficient (Wildman–Crippen LogP) is 3.77. The van der Waals surface area contributed by atoms with Crippen LogP contribution in [0.2, 0.25) is 0 Å². The monoisotopic (exact) mass is 366 g/mol. The molecule has 5 rings (SSSR count). The van der Waals surface area contributed by atoms with Crippen molar-refractivity contribution < 1.29 is 37.2 Å². The lowest BCUT2D eigenvalue weighted by molar-refractivity contribution is -0.578. The maximum atomic E-state index is 12.6. The first-order valence-electron chi connectivity index (χ1n) is 9.03. The summed E-state index contributed by atoms with van der Waals surface area (Å²) in [7, 11) is 0. The van der Waals surface area contributed by atoms with Crippen molar-refractivity contribution in [1.82, 2.24) is 0 Å². The topological polar surface area (TPSA) is 46.2 Å². The first-order valence-corrected chi connectivity index (χ1v) is 9.03. The van der Waals surface area contributed by atoms with Gasteiger partial charge in [0.2, 0.25) is 5.79 Å². The number of ether oxygens (including phenoxy) is 3. The van der Waals surface area contributed by atoms with E-state index in [0.717, 1.165) is 19.3 Å². The molecule has 4 saturated heterocycles. The highest BCUT2D eigenvalue weighted by Crippen LogP contribution is 2.60. The number of halogens is 3. The Balaban J connectivity index is 1.65. The molecule has 0 amide bonds. The molecule has 144 valence electrons. The van der Waals surface area contributed by atoms with Crippen molar-refractivity contribution in [2.24, 2.45) is 23.7 Å². The van der Waals surface area contributed by atoms with Gasteiger partial charge in [0.15, 0.2) is 18.2 Å². The SMILES string of the molecule is C[C@H]1C(OCC(F)(F)F)O[C@@H]2O[C@]3(C)CCC4[C@H](C)CCC1[C@]42OO3. The molecule has 5 aliphatic rings. The fraction of sp³-hybridized carbons (Fsp3) is 1.00. The Bertz CT molecular complexity index is 529. The molecule has 0 radical (unpaired) electrons. The van der Waals surface area contributed by atoms with Gasteiger partial charge in [0.1, 0.15) is 6.61 Å². The van der Waals surface area contributed by atoms with Gasteiger partial charge in [0.05, 0.1) is 0 Å². The minimum absolute atomic E-state index is 0.0340. The first kappa shape index (κ1) is 18.0.